The molecule has 0 saturated heterocycles. The summed E-state index contributed by atoms with van der Waals surface area (Å²) in [6.07, 6.45) is 4.86. The predicted molar refractivity (Wildman–Crippen MR) is 162 cm³/mol. The van der Waals surface area contributed by atoms with Gasteiger partial charge in [-0.15, -0.1) is 11.3 Å². The number of carbonyl (C=O) groups is 4. The Morgan fingerprint density at radius 2 is 1.82 bits per heavy atom. The van der Waals surface area contributed by atoms with Crippen LogP contribution in [0.2, 0.25) is 0 Å². The third-order valence-corrected chi connectivity index (χ3v) is 8.00. The van der Waals surface area contributed by atoms with Crippen LogP contribution in [-0.4, -0.2) is 63.1 Å². The SMILES string of the molecule is CC(C)[C@@H]1NC(=O)CN(C(=O)Cc2cccnc2)CCNC(=O)c2coc(n2)[C@H](Cc2ccccc2)NC(=O)c2csc1n2. The van der Waals surface area contributed by atoms with Crippen LogP contribution < -0.4 is 16.0 Å². The predicted octanol–water partition coefficient (Wildman–Crippen LogP) is 2.87. The summed E-state index contributed by atoms with van der Waals surface area (Å²) in [5.74, 6) is -1.52. The molecule has 1 aliphatic heterocycles. The molecule has 0 aliphatic carbocycles. The van der Waals surface area contributed by atoms with E-state index in [-0.39, 0.29) is 61.1 Å². The zero-order chi connectivity index (χ0) is 31.1. The van der Waals surface area contributed by atoms with E-state index in [2.05, 4.69) is 30.9 Å². The summed E-state index contributed by atoms with van der Waals surface area (Å²) in [4.78, 5) is 67.3. The van der Waals surface area contributed by atoms with Gasteiger partial charge in [0.15, 0.2) is 5.69 Å². The van der Waals surface area contributed by atoms with Crippen LogP contribution in [0.4, 0.5) is 0 Å². The molecule has 0 radical (unpaired) electrons. The van der Waals surface area contributed by atoms with E-state index in [4.69, 9.17) is 4.42 Å². The van der Waals surface area contributed by atoms with Gasteiger partial charge in [0.1, 0.15) is 23.0 Å². The van der Waals surface area contributed by atoms with E-state index in [0.717, 1.165) is 5.56 Å². The molecule has 44 heavy (non-hydrogen) atoms. The highest BCUT2D eigenvalue weighted by atomic mass is 32.1. The maximum absolute atomic E-state index is 13.4. The van der Waals surface area contributed by atoms with E-state index in [9.17, 15) is 19.2 Å². The van der Waals surface area contributed by atoms with Crippen molar-refractivity contribution >= 4 is 35.0 Å². The average molecular weight is 616 g/mol. The molecule has 4 amide bonds. The fraction of sp³-hybridized carbons (Fsp3) is 0.323. The van der Waals surface area contributed by atoms with Gasteiger partial charge in [0, 0.05) is 37.3 Å². The molecule has 12 nitrogen and oxygen atoms in total. The second-order valence-corrected chi connectivity index (χ2v) is 11.6. The standard InChI is InChI=1S/C31H33N7O5S/c1-19(2)27-31-36-24(18-44-31)29(42)34-22(13-20-7-4-3-5-8-20)30-35-23(17-43-30)28(41)33-11-12-38(16-25(39)37-27)26(40)14-21-9-6-10-32-15-21/h3-10,15,17-19,22,27H,11-14,16H2,1-2H3,(H,33,41)(H,34,42)(H,37,39)/t22-,27-/m0/s1. The first-order valence-electron chi connectivity index (χ1n) is 14.3. The lowest BCUT2D eigenvalue weighted by Crippen LogP contribution is -2.46. The maximum atomic E-state index is 13.4. The van der Waals surface area contributed by atoms with Crippen LogP contribution in [0.3, 0.4) is 0 Å². The minimum Gasteiger partial charge on any atom is -0.446 e. The molecule has 2 atom stereocenters. The van der Waals surface area contributed by atoms with Crippen LogP contribution in [0.5, 0.6) is 0 Å². The molecule has 0 saturated carbocycles. The molecule has 1 aliphatic rings. The number of nitrogens with zero attached hydrogens (tertiary/aromatic N) is 4. The summed E-state index contributed by atoms with van der Waals surface area (Å²) >= 11 is 1.27. The minimum atomic E-state index is -0.684. The molecule has 3 aromatic heterocycles. The van der Waals surface area contributed by atoms with Crippen LogP contribution in [-0.2, 0) is 22.4 Å². The summed E-state index contributed by atoms with van der Waals surface area (Å²) in [7, 11) is 0. The largest absolute Gasteiger partial charge is 0.446 e. The lowest BCUT2D eigenvalue weighted by Gasteiger charge is -2.25. The number of carbonyl (C=O) groups excluding carboxylic acids is 4. The van der Waals surface area contributed by atoms with Gasteiger partial charge in [-0.3, -0.25) is 24.2 Å². The molecule has 13 heteroatoms. The maximum Gasteiger partial charge on any atom is 0.273 e. The van der Waals surface area contributed by atoms with Crippen molar-refractivity contribution in [3.63, 3.8) is 0 Å². The highest BCUT2D eigenvalue weighted by Gasteiger charge is 2.28. The van der Waals surface area contributed by atoms with Crippen molar-refractivity contribution in [1.82, 2.24) is 35.8 Å². The Labute approximate surface area is 258 Å². The van der Waals surface area contributed by atoms with Crippen LogP contribution in [0.25, 0.3) is 0 Å². The van der Waals surface area contributed by atoms with Gasteiger partial charge in [0.25, 0.3) is 11.8 Å². The molecule has 4 bridgehead atoms. The lowest BCUT2D eigenvalue weighted by molar-refractivity contribution is -0.135. The Kier molecular flexibility index (Phi) is 9.75. The van der Waals surface area contributed by atoms with Crippen molar-refractivity contribution in [2.45, 2.75) is 38.8 Å². The number of pyridine rings is 1. The number of hydrogen-bond acceptors (Lipinski definition) is 9. The second kappa shape index (κ2) is 14.0. The number of rotatable bonds is 5. The van der Waals surface area contributed by atoms with Crippen LogP contribution in [0, 0.1) is 5.92 Å². The highest BCUT2D eigenvalue weighted by Crippen LogP contribution is 2.26. The van der Waals surface area contributed by atoms with Crippen molar-refractivity contribution in [2.24, 2.45) is 5.92 Å². The number of oxazole rings is 1. The summed E-state index contributed by atoms with van der Waals surface area (Å²) < 4.78 is 5.68. The Balaban J connectivity index is 1.44. The number of fused-ring (bicyclic) bond motifs is 4. The van der Waals surface area contributed by atoms with Crippen LogP contribution in [0.1, 0.15) is 68.9 Å². The van der Waals surface area contributed by atoms with Crippen LogP contribution >= 0.6 is 11.3 Å². The molecule has 5 rings (SSSR count). The quantitative estimate of drug-likeness (QED) is 0.309. The third-order valence-electron chi connectivity index (χ3n) is 7.08. The smallest absolute Gasteiger partial charge is 0.273 e. The third kappa shape index (κ3) is 7.72. The molecule has 0 unspecified atom stereocenters. The van der Waals surface area contributed by atoms with E-state index in [1.807, 2.05) is 44.2 Å². The van der Waals surface area contributed by atoms with E-state index in [0.29, 0.717) is 17.0 Å². The van der Waals surface area contributed by atoms with Gasteiger partial charge < -0.3 is 25.3 Å². The molecular weight excluding hydrogens is 582 g/mol. The summed E-state index contributed by atoms with van der Waals surface area (Å²) in [6, 6.07) is 11.9. The molecule has 0 spiro atoms. The van der Waals surface area contributed by atoms with Gasteiger partial charge in [-0.05, 0) is 23.1 Å². The summed E-state index contributed by atoms with van der Waals surface area (Å²) in [6.45, 7) is 3.81. The van der Waals surface area contributed by atoms with Crippen molar-refractivity contribution in [3.05, 3.63) is 99.9 Å². The van der Waals surface area contributed by atoms with Gasteiger partial charge in [0.2, 0.25) is 17.7 Å². The van der Waals surface area contributed by atoms with Gasteiger partial charge in [-0.2, -0.15) is 0 Å². The van der Waals surface area contributed by atoms with Gasteiger partial charge in [0.05, 0.1) is 19.0 Å². The van der Waals surface area contributed by atoms with Crippen molar-refractivity contribution < 1.29 is 23.6 Å². The van der Waals surface area contributed by atoms with E-state index >= 15 is 0 Å². The molecular formula is C31H33N7O5S. The number of aromatic nitrogens is 3. The Morgan fingerprint density at radius 3 is 2.57 bits per heavy atom. The first kappa shape index (κ1) is 30.5. The molecule has 1 aromatic carbocycles. The number of nitrogens with one attached hydrogen (secondary N) is 3. The minimum absolute atomic E-state index is 0.0233. The van der Waals surface area contributed by atoms with Gasteiger partial charge in [-0.25, -0.2) is 9.97 Å². The van der Waals surface area contributed by atoms with Crippen LogP contribution in [0.15, 0.2) is 70.9 Å². The lowest BCUT2D eigenvalue weighted by atomic mass is 10.0. The van der Waals surface area contributed by atoms with Gasteiger partial charge in [-0.1, -0.05) is 50.2 Å². The Bertz CT molecular complexity index is 1610. The van der Waals surface area contributed by atoms with Crippen molar-refractivity contribution in [3.8, 4) is 0 Å². The Morgan fingerprint density at radius 1 is 1.02 bits per heavy atom. The molecule has 0 fully saturated rings. The first-order valence-corrected chi connectivity index (χ1v) is 15.1. The zero-order valence-electron chi connectivity index (χ0n) is 24.4. The Hall–Kier alpha value is -4.91. The fourth-order valence-electron chi connectivity index (χ4n) is 4.75. The van der Waals surface area contributed by atoms with Crippen molar-refractivity contribution in [2.75, 3.05) is 19.6 Å². The number of amides is 4. The summed E-state index contributed by atoms with van der Waals surface area (Å²) in [5.41, 5.74) is 1.84. The normalized spacial score (nSPS) is 18.2. The van der Waals surface area contributed by atoms with E-state index in [1.54, 1.807) is 29.9 Å². The molecule has 4 heterocycles. The van der Waals surface area contributed by atoms with Crippen molar-refractivity contribution in [1.29, 1.82) is 0 Å². The summed E-state index contributed by atoms with van der Waals surface area (Å²) in [5, 5.41) is 10.9. The fourth-order valence-corrected chi connectivity index (χ4v) is 5.77. The average Bonchev–Trinajstić information content (AvgIpc) is 3.71. The zero-order valence-corrected chi connectivity index (χ0v) is 25.2. The second-order valence-electron chi connectivity index (χ2n) is 10.8. The number of benzene rings is 1. The van der Waals surface area contributed by atoms with E-state index in [1.165, 1.54) is 22.5 Å². The number of thiazole rings is 1. The topological polar surface area (TPSA) is 159 Å². The van der Waals surface area contributed by atoms with E-state index < -0.39 is 23.9 Å². The highest BCUT2D eigenvalue weighted by molar-refractivity contribution is 7.09. The molecule has 228 valence electrons. The number of hydrogen-bond donors (Lipinski definition) is 3. The first-order chi connectivity index (χ1) is 21.3. The monoisotopic (exact) mass is 615 g/mol. The molecule has 3 N–H and O–H groups in total. The molecule has 4 aromatic rings. The van der Waals surface area contributed by atoms with Gasteiger partial charge >= 0.3 is 0 Å².